The molecule has 1 aliphatic heterocycles. The molecule has 7 saturated carbocycles. The molecule has 0 spiro atoms. The van der Waals surface area contributed by atoms with E-state index in [4.69, 9.17) is 0 Å². The number of hydrogen-bond donors (Lipinski definition) is 0. The van der Waals surface area contributed by atoms with Crippen molar-refractivity contribution in [3.8, 4) is 0 Å². The highest BCUT2D eigenvalue weighted by Gasteiger charge is 2.70. The maximum Gasteiger partial charge on any atom is 0.0188 e. The zero-order valence-electron chi connectivity index (χ0n) is 31.5. The topological polar surface area (TPSA) is 0 Å². The van der Waals surface area contributed by atoms with E-state index in [0.717, 1.165) is 5.04 Å². The van der Waals surface area contributed by atoms with Crippen molar-refractivity contribution in [3.63, 3.8) is 0 Å². The molecule has 6 heteroatoms. The first-order valence-corrected chi connectivity index (χ1v) is 45.8. The molecule has 6 unspecified atom stereocenters. The van der Waals surface area contributed by atoms with E-state index in [1.807, 2.05) is 0 Å². The largest absolute Gasteiger partial charge is 0.0536 e. The lowest BCUT2D eigenvalue weighted by Gasteiger charge is -2.61. The van der Waals surface area contributed by atoms with Gasteiger partial charge in [0.25, 0.3) is 0 Å². The predicted octanol–water partition coefficient (Wildman–Crippen LogP) is 8.40. The SMILES string of the molecule is C1CCC(C2C(C3CCCCC3)C(C3CCCCC3)C(C3CCCCC3)([SiH]3[SiH2][SiH2][SiH2][SiH2][SiH]3C3CCCCC3)C2C2CCCCC2)CC1. The minimum absolute atomic E-state index is 0.398. The lowest BCUT2D eigenvalue weighted by atomic mass is 9.60. The Labute approximate surface area is 304 Å². The molecule has 8 fully saturated rings. The van der Waals surface area contributed by atoms with Gasteiger partial charge in [-0.1, -0.05) is 198 Å². The Morgan fingerprint density at radius 2 is 0.723 bits per heavy atom. The van der Waals surface area contributed by atoms with Crippen LogP contribution in [0.15, 0.2) is 0 Å². The summed E-state index contributed by atoms with van der Waals surface area (Å²) in [6.45, 7) is 0. The summed E-state index contributed by atoms with van der Waals surface area (Å²) < 4.78 is 0. The van der Waals surface area contributed by atoms with E-state index in [1.165, 1.54) is 58.8 Å². The van der Waals surface area contributed by atoms with Gasteiger partial charge in [0.1, 0.15) is 0 Å². The van der Waals surface area contributed by atoms with E-state index in [1.54, 1.807) is 193 Å². The Balaban J connectivity index is 1.35. The standard InChI is InChI=1S/C41H80Si6/c1-7-19-31(20-8-1)37-38(32-21-9-2-10-22-32)40(34-25-13-4-14-26-34)41(35-27-15-5-16-28-35,39(37)33-23-11-3-12-24-33)47-45-43-42-44-46(47)36-29-17-6-18-30-36/h31-40,46-47H,1-30,42-45H2. The first-order valence-electron chi connectivity index (χ1n) is 23.4. The summed E-state index contributed by atoms with van der Waals surface area (Å²) in [4.78, 5) is 0. The van der Waals surface area contributed by atoms with Crippen LogP contribution in [0.25, 0.3) is 0 Å². The van der Waals surface area contributed by atoms with E-state index >= 15 is 0 Å². The third-order valence-corrected chi connectivity index (χ3v) is 138. The molecular weight excluding hydrogens is 661 g/mol. The molecule has 0 radical (unpaired) electrons. The molecule has 0 bridgehead atoms. The molecule has 0 amide bonds. The molecule has 268 valence electrons. The summed E-state index contributed by atoms with van der Waals surface area (Å²) in [6.07, 6.45) is 50.2. The predicted molar refractivity (Wildman–Crippen MR) is 225 cm³/mol. The van der Waals surface area contributed by atoms with Crippen molar-refractivity contribution in [2.75, 3.05) is 0 Å². The van der Waals surface area contributed by atoms with Gasteiger partial charge in [-0.2, -0.15) is 0 Å². The van der Waals surface area contributed by atoms with Gasteiger partial charge in [-0.25, -0.2) is 0 Å². The van der Waals surface area contributed by atoms with E-state index in [0.29, 0.717) is 34.2 Å². The zero-order valence-corrected chi connectivity index (χ0v) is 39.4. The highest BCUT2D eigenvalue weighted by Crippen LogP contribution is 2.76. The molecule has 8 rings (SSSR count). The first-order chi connectivity index (χ1) is 23.4. The molecule has 0 aromatic heterocycles. The maximum atomic E-state index is 1.80. The van der Waals surface area contributed by atoms with Gasteiger partial charge in [-0.05, 0) is 92.5 Å². The average Bonchev–Trinajstić information content (AvgIpc) is 3.50. The normalized spacial score (nSPS) is 44.2. The summed E-state index contributed by atoms with van der Waals surface area (Å²) in [5.74, 6) is 11.1. The van der Waals surface area contributed by atoms with Crippen LogP contribution < -0.4 is 0 Å². The highest BCUT2D eigenvalue weighted by molar-refractivity contribution is 7.84. The van der Waals surface area contributed by atoms with Crippen molar-refractivity contribution >= 4 is 49.9 Å². The van der Waals surface area contributed by atoms with Crippen LogP contribution in [0.5, 0.6) is 0 Å². The van der Waals surface area contributed by atoms with Crippen LogP contribution >= 0.6 is 0 Å². The Hall–Kier alpha value is 1.30. The van der Waals surface area contributed by atoms with Gasteiger partial charge in [0.2, 0.25) is 0 Å². The van der Waals surface area contributed by atoms with Crippen LogP contribution in [-0.2, 0) is 0 Å². The number of hydrogen-bond acceptors (Lipinski definition) is 0. The third kappa shape index (κ3) is 7.18. The van der Waals surface area contributed by atoms with Crippen molar-refractivity contribution in [3.05, 3.63) is 0 Å². The van der Waals surface area contributed by atoms with Crippen molar-refractivity contribution in [2.24, 2.45) is 53.3 Å². The fraction of sp³-hybridized carbons (Fsp3) is 1.00. The van der Waals surface area contributed by atoms with Crippen LogP contribution in [0.1, 0.15) is 193 Å². The van der Waals surface area contributed by atoms with E-state index in [2.05, 4.69) is 0 Å². The van der Waals surface area contributed by atoms with Crippen LogP contribution in [-0.4, -0.2) is 49.9 Å². The lowest BCUT2D eigenvalue weighted by Crippen LogP contribution is -2.68. The summed E-state index contributed by atoms with van der Waals surface area (Å²) in [5.41, 5.74) is 1.45. The summed E-state index contributed by atoms with van der Waals surface area (Å²) in [7, 11) is 1.03. The molecule has 7 aliphatic carbocycles. The second-order valence-electron chi connectivity index (χ2n) is 20.1. The molecule has 0 N–H and O–H groups in total. The van der Waals surface area contributed by atoms with Crippen LogP contribution in [0.4, 0.5) is 0 Å². The molecule has 0 aromatic rings. The van der Waals surface area contributed by atoms with Gasteiger partial charge in [-0.15, -0.1) is 0 Å². The van der Waals surface area contributed by atoms with Crippen molar-refractivity contribution in [1.82, 2.24) is 0 Å². The zero-order chi connectivity index (χ0) is 31.5. The van der Waals surface area contributed by atoms with E-state index in [-0.39, 0.29) is 0 Å². The van der Waals surface area contributed by atoms with Crippen LogP contribution in [0.3, 0.4) is 0 Å². The second-order valence-corrected chi connectivity index (χ2v) is 74.1. The molecule has 1 saturated heterocycles. The van der Waals surface area contributed by atoms with Gasteiger partial charge in [0.05, 0.1) is 0 Å². The molecule has 6 atom stereocenters. The monoisotopic (exact) mass is 740 g/mol. The smallest absolute Gasteiger partial charge is 0.0188 e. The molecule has 1 heterocycles. The van der Waals surface area contributed by atoms with Gasteiger partial charge in [0, 0.05) is 15.7 Å². The molecule has 8 aliphatic rings. The van der Waals surface area contributed by atoms with Crippen LogP contribution in [0.2, 0.25) is 10.6 Å². The molecule has 0 aromatic carbocycles. The van der Waals surface area contributed by atoms with Crippen molar-refractivity contribution in [1.29, 1.82) is 0 Å². The highest BCUT2D eigenvalue weighted by atomic mass is 30.1. The van der Waals surface area contributed by atoms with Crippen molar-refractivity contribution in [2.45, 2.75) is 203 Å². The van der Waals surface area contributed by atoms with Gasteiger partial charge < -0.3 is 0 Å². The summed E-state index contributed by atoms with van der Waals surface area (Å²) >= 11 is 0. The Morgan fingerprint density at radius 3 is 1.17 bits per heavy atom. The van der Waals surface area contributed by atoms with Gasteiger partial charge >= 0.3 is 0 Å². The third-order valence-electron chi connectivity index (χ3n) is 18.2. The quantitative estimate of drug-likeness (QED) is 0.230. The fourth-order valence-electron chi connectivity index (χ4n) is 16.9. The van der Waals surface area contributed by atoms with Crippen LogP contribution in [0, 0.1) is 53.3 Å². The first kappa shape index (κ1) is 35.3. The minimum atomic E-state index is -0.583. The summed E-state index contributed by atoms with van der Waals surface area (Å²) in [6, 6.07) is 0. The maximum absolute atomic E-state index is 1.80. The number of rotatable bonds is 7. The summed E-state index contributed by atoms with van der Waals surface area (Å²) in [5, 5.41) is 1.06. The van der Waals surface area contributed by atoms with Gasteiger partial charge in [-0.3, -0.25) is 0 Å². The molecular formula is C41H80Si6. The average molecular weight is 742 g/mol. The molecule has 47 heavy (non-hydrogen) atoms. The van der Waals surface area contributed by atoms with E-state index in [9.17, 15) is 0 Å². The molecule has 0 nitrogen and oxygen atoms in total. The van der Waals surface area contributed by atoms with Crippen molar-refractivity contribution < 1.29 is 0 Å². The Bertz CT molecular complexity index is 892. The lowest BCUT2D eigenvalue weighted by molar-refractivity contribution is 0.0487. The van der Waals surface area contributed by atoms with Gasteiger partial charge in [0.15, 0.2) is 0 Å². The minimum Gasteiger partial charge on any atom is -0.0536 e. The Kier molecular flexibility index (Phi) is 12.8. The van der Waals surface area contributed by atoms with E-state index < -0.39 is 15.7 Å². The Morgan fingerprint density at radius 1 is 0.362 bits per heavy atom. The fourth-order valence-corrected chi connectivity index (χ4v) is 270. The second kappa shape index (κ2) is 17.0.